The highest BCUT2D eigenvalue weighted by molar-refractivity contribution is 6.20. The van der Waals surface area contributed by atoms with Gasteiger partial charge in [0.15, 0.2) is 0 Å². The van der Waals surface area contributed by atoms with Crippen LogP contribution in [0.15, 0.2) is 48.7 Å². The number of benzene rings is 1. The summed E-state index contributed by atoms with van der Waals surface area (Å²) in [6, 6.07) is 12.6. The molecular formula is C13H11ClFN. The number of pyridine rings is 1. The van der Waals surface area contributed by atoms with Crippen molar-refractivity contribution in [3.63, 3.8) is 0 Å². The van der Waals surface area contributed by atoms with Crippen LogP contribution >= 0.6 is 11.6 Å². The summed E-state index contributed by atoms with van der Waals surface area (Å²) in [5.41, 5.74) is 1.39. The van der Waals surface area contributed by atoms with Gasteiger partial charge in [-0.25, -0.2) is 4.39 Å². The minimum Gasteiger partial charge on any atom is -0.258 e. The number of alkyl halides is 1. The molecule has 1 aromatic heterocycles. The molecule has 0 saturated heterocycles. The molecular weight excluding hydrogens is 225 g/mol. The first-order valence-corrected chi connectivity index (χ1v) is 5.49. The molecule has 0 bridgehead atoms. The van der Waals surface area contributed by atoms with E-state index in [9.17, 15) is 4.39 Å². The van der Waals surface area contributed by atoms with Gasteiger partial charge in [0.05, 0.1) is 11.1 Å². The van der Waals surface area contributed by atoms with Crippen LogP contribution < -0.4 is 0 Å². The molecule has 2 aromatic rings. The predicted octanol–water partition coefficient (Wildman–Crippen LogP) is 3.74. The van der Waals surface area contributed by atoms with E-state index in [4.69, 9.17) is 11.6 Å². The Hall–Kier alpha value is -1.41. The number of aromatic nitrogens is 1. The van der Waals surface area contributed by atoms with E-state index in [0.717, 1.165) is 5.56 Å². The molecule has 2 rings (SSSR count). The summed E-state index contributed by atoms with van der Waals surface area (Å²) in [6.45, 7) is 0. The molecule has 16 heavy (non-hydrogen) atoms. The van der Waals surface area contributed by atoms with Crippen LogP contribution in [0.25, 0.3) is 0 Å². The third-order valence-electron chi connectivity index (χ3n) is 2.37. The molecule has 0 N–H and O–H groups in total. The Balaban J connectivity index is 2.14. The quantitative estimate of drug-likeness (QED) is 0.739. The molecule has 0 radical (unpaired) electrons. The molecule has 0 amide bonds. The summed E-state index contributed by atoms with van der Waals surface area (Å²) in [6.07, 6.45) is 1.98. The third kappa shape index (κ3) is 2.58. The maximum Gasteiger partial charge on any atom is 0.144 e. The van der Waals surface area contributed by atoms with Crippen molar-refractivity contribution in [3.05, 3.63) is 65.7 Å². The lowest BCUT2D eigenvalue weighted by atomic mass is 10.1. The first-order valence-electron chi connectivity index (χ1n) is 5.06. The van der Waals surface area contributed by atoms with Crippen molar-refractivity contribution in [1.82, 2.24) is 4.98 Å². The van der Waals surface area contributed by atoms with Crippen molar-refractivity contribution in [2.45, 2.75) is 11.8 Å². The van der Waals surface area contributed by atoms with Gasteiger partial charge in [0.1, 0.15) is 5.82 Å². The van der Waals surface area contributed by atoms with E-state index in [0.29, 0.717) is 12.1 Å². The van der Waals surface area contributed by atoms with Crippen LogP contribution in [0.1, 0.15) is 16.6 Å². The Kier molecular flexibility index (Phi) is 3.52. The second-order valence-electron chi connectivity index (χ2n) is 3.51. The molecule has 0 saturated carbocycles. The summed E-state index contributed by atoms with van der Waals surface area (Å²) in [5, 5.41) is -0.245. The van der Waals surface area contributed by atoms with Gasteiger partial charge in [0.25, 0.3) is 0 Å². The highest BCUT2D eigenvalue weighted by atomic mass is 35.5. The molecule has 0 fully saturated rings. The van der Waals surface area contributed by atoms with Gasteiger partial charge in [-0.1, -0.05) is 30.3 Å². The molecule has 1 atom stereocenters. The first-order chi connectivity index (χ1) is 7.77. The molecule has 82 valence electrons. The molecule has 1 heterocycles. The van der Waals surface area contributed by atoms with Crippen LogP contribution in [-0.2, 0) is 6.42 Å². The third-order valence-corrected chi connectivity index (χ3v) is 2.77. The van der Waals surface area contributed by atoms with Crippen molar-refractivity contribution in [2.75, 3.05) is 0 Å². The zero-order valence-corrected chi connectivity index (χ0v) is 9.36. The van der Waals surface area contributed by atoms with Gasteiger partial charge in [-0.05, 0) is 17.7 Å². The zero-order chi connectivity index (χ0) is 11.4. The summed E-state index contributed by atoms with van der Waals surface area (Å²) in [4.78, 5) is 3.98. The zero-order valence-electron chi connectivity index (χ0n) is 8.61. The lowest BCUT2D eigenvalue weighted by Gasteiger charge is -2.09. The van der Waals surface area contributed by atoms with Gasteiger partial charge in [-0.3, -0.25) is 4.98 Å². The Bertz CT molecular complexity index is 458. The Morgan fingerprint density at radius 2 is 1.88 bits per heavy atom. The summed E-state index contributed by atoms with van der Waals surface area (Å²) in [5.74, 6) is -0.302. The van der Waals surface area contributed by atoms with Crippen LogP contribution in [0, 0.1) is 5.82 Å². The van der Waals surface area contributed by atoms with Crippen LogP contribution in [0.4, 0.5) is 4.39 Å². The molecule has 1 unspecified atom stereocenters. The summed E-state index contributed by atoms with van der Waals surface area (Å²) in [7, 11) is 0. The normalized spacial score (nSPS) is 12.4. The van der Waals surface area contributed by atoms with Gasteiger partial charge in [-0.15, -0.1) is 11.6 Å². The van der Waals surface area contributed by atoms with E-state index in [1.54, 1.807) is 12.3 Å². The minimum absolute atomic E-state index is 0.245. The van der Waals surface area contributed by atoms with Crippen LogP contribution in [0.2, 0.25) is 0 Å². The second-order valence-corrected chi connectivity index (χ2v) is 4.04. The monoisotopic (exact) mass is 235 g/mol. The van der Waals surface area contributed by atoms with E-state index in [1.165, 1.54) is 6.07 Å². The first kappa shape index (κ1) is 11.1. The number of rotatable bonds is 3. The van der Waals surface area contributed by atoms with Crippen molar-refractivity contribution in [3.8, 4) is 0 Å². The maximum absolute atomic E-state index is 13.3. The number of nitrogens with zero attached hydrogens (tertiary/aromatic N) is 1. The number of hydrogen-bond acceptors (Lipinski definition) is 1. The van der Waals surface area contributed by atoms with E-state index in [2.05, 4.69) is 4.98 Å². The Morgan fingerprint density at radius 1 is 1.12 bits per heavy atom. The highest BCUT2D eigenvalue weighted by Crippen LogP contribution is 2.24. The van der Waals surface area contributed by atoms with Gasteiger partial charge in [0, 0.05) is 12.6 Å². The predicted molar refractivity (Wildman–Crippen MR) is 62.9 cm³/mol. The largest absolute Gasteiger partial charge is 0.258 e. The fraction of sp³-hybridized carbons (Fsp3) is 0.154. The fourth-order valence-electron chi connectivity index (χ4n) is 1.52. The minimum atomic E-state index is -0.302. The Morgan fingerprint density at radius 3 is 2.56 bits per heavy atom. The van der Waals surface area contributed by atoms with Gasteiger partial charge < -0.3 is 0 Å². The molecule has 1 aromatic carbocycles. The number of hydrogen-bond donors (Lipinski definition) is 0. The van der Waals surface area contributed by atoms with Crippen molar-refractivity contribution >= 4 is 11.6 Å². The average Bonchev–Trinajstić information content (AvgIpc) is 2.33. The fourth-order valence-corrected chi connectivity index (χ4v) is 1.81. The number of halogens is 2. The second kappa shape index (κ2) is 5.08. The smallest absolute Gasteiger partial charge is 0.144 e. The van der Waals surface area contributed by atoms with E-state index >= 15 is 0 Å². The molecule has 0 aliphatic carbocycles. The maximum atomic E-state index is 13.3. The van der Waals surface area contributed by atoms with Crippen LogP contribution in [0.3, 0.4) is 0 Å². The van der Waals surface area contributed by atoms with E-state index in [1.807, 2.05) is 30.3 Å². The van der Waals surface area contributed by atoms with Crippen molar-refractivity contribution in [2.24, 2.45) is 0 Å². The standard InChI is InChI=1S/C13H11ClFN/c14-11(10-5-2-1-3-6-10)9-13-12(15)7-4-8-16-13/h1-8,11H,9H2. The van der Waals surface area contributed by atoms with Crippen LogP contribution in [-0.4, -0.2) is 4.98 Å². The highest BCUT2D eigenvalue weighted by Gasteiger charge is 2.11. The van der Waals surface area contributed by atoms with Gasteiger partial charge >= 0.3 is 0 Å². The summed E-state index contributed by atoms with van der Waals surface area (Å²) < 4.78 is 13.3. The lowest BCUT2D eigenvalue weighted by molar-refractivity contribution is 0.596. The molecule has 3 heteroatoms. The van der Waals surface area contributed by atoms with Crippen LogP contribution in [0.5, 0.6) is 0 Å². The lowest BCUT2D eigenvalue weighted by Crippen LogP contribution is -2.00. The topological polar surface area (TPSA) is 12.9 Å². The van der Waals surface area contributed by atoms with Gasteiger partial charge in [0.2, 0.25) is 0 Å². The molecule has 0 aliphatic rings. The Labute approximate surface area is 98.9 Å². The van der Waals surface area contributed by atoms with E-state index < -0.39 is 0 Å². The molecule has 1 nitrogen and oxygen atoms in total. The SMILES string of the molecule is Fc1cccnc1CC(Cl)c1ccccc1. The summed E-state index contributed by atoms with van der Waals surface area (Å²) >= 11 is 6.21. The molecule has 0 spiro atoms. The van der Waals surface area contributed by atoms with Gasteiger partial charge in [-0.2, -0.15) is 0 Å². The van der Waals surface area contributed by atoms with Crippen molar-refractivity contribution in [1.29, 1.82) is 0 Å². The van der Waals surface area contributed by atoms with Crippen molar-refractivity contribution < 1.29 is 4.39 Å². The average molecular weight is 236 g/mol. The van der Waals surface area contributed by atoms with E-state index in [-0.39, 0.29) is 11.2 Å². The molecule has 0 aliphatic heterocycles.